The Morgan fingerprint density at radius 2 is 1.82 bits per heavy atom. The van der Waals surface area contributed by atoms with E-state index in [1.54, 1.807) is 12.1 Å². The maximum Gasteiger partial charge on any atom is 0.293 e. The lowest BCUT2D eigenvalue weighted by Crippen LogP contribution is -2.47. The number of likely N-dealkylation sites (N-methyl/N-ethyl adjacent to an activating group) is 1. The number of carbonyl (C=O) groups excluding carboxylic acids is 3. The van der Waals surface area contributed by atoms with Crippen molar-refractivity contribution in [3.63, 3.8) is 0 Å². The molecule has 0 bridgehead atoms. The number of nitriles is 1. The zero-order valence-corrected chi connectivity index (χ0v) is 41.9. The normalized spacial score (nSPS) is 20.0. The summed E-state index contributed by atoms with van der Waals surface area (Å²) < 4.78 is 25.9. The molecule has 2 saturated heterocycles. The molecule has 2 saturated carbocycles. The van der Waals surface area contributed by atoms with E-state index in [4.69, 9.17) is 39.0 Å². The first-order valence-electron chi connectivity index (χ1n) is 23.9. The van der Waals surface area contributed by atoms with Gasteiger partial charge in [-0.15, -0.1) is 11.3 Å². The number of nitrogens with zero attached hydrogens (tertiary/aromatic N) is 7. The fourth-order valence-corrected chi connectivity index (χ4v) is 9.09. The monoisotopic (exact) mass is 943 g/mol. The van der Waals surface area contributed by atoms with Crippen LogP contribution in [0.5, 0.6) is 0 Å². The maximum absolute atomic E-state index is 13.2. The van der Waals surface area contributed by atoms with E-state index < -0.39 is 6.10 Å². The minimum Gasteiger partial charge on any atom is -0.467 e. The Morgan fingerprint density at radius 1 is 1.10 bits per heavy atom. The van der Waals surface area contributed by atoms with Gasteiger partial charge in [0, 0.05) is 104 Å². The van der Waals surface area contributed by atoms with E-state index in [9.17, 15) is 9.59 Å². The second-order valence-corrected chi connectivity index (χ2v) is 19.4. The molecular formula is C51H74N8O7S. The van der Waals surface area contributed by atoms with E-state index in [0.717, 1.165) is 126 Å². The number of aldehydes is 1. The van der Waals surface area contributed by atoms with Gasteiger partial charge in [0.25, 0.3) is 6.47 Å². The van der Waals surface area contributed by atoms with Gasteiger partial charge < -0.3 is 33.3 Å². The number of thiazole rings is 1. The minimum atomic E-state index is -0.431. The van der Waals surface area contributed by atoms with E-state index in [-0.39, 0.29) is 36.2 Å². The molecule has 4 heterocycles. The van der Waals surface area contributed by atoms with Gasteiger partial charge in [-0.25, -0.2) is 10.4 Å². The first-order valence-corrected chi connectivity index (χ1v) is 24.8. The van der Waals surface area contributed by atoms with E-state index in [1.165, 1.54) is 23.8 Å². The standard InChI is InChI=1S/C44H63N7O6S.C5H10.C2HNO/c1-8-56-41(25-42(53)51-16-10-9-15-46-51)43-47-38(28-58-43)34-11-12-39-35(23-34)36(26-44(13-14-44)29-55-30-52)40(50(39)21-22-57-31(2)3)24-37(33(5)54-7)45-27-32(4)49-19-17-48(6)18-20-49;1-4-3-5(4)2;3-1-2-4/h11-12,23-24,27-28,30-31,33,41,46H,4,8-10,13-22,25-26,29H2,1-3,5-7H3;4-5H,3H2,1-2H3;2H/b37-24+,45-27?;;. The molecule has 2 aliphatic heterocycles. The third-order valence-electron chi connectivity index (χ3n) is 13.1. The number of hydrogen-bond donors (Lipinski definition) is 1. The predicted molar refractivity (Wildman–Crippen MR) is 265 cm³/mol. The second kappa shape index (κ2) is 26.1. The number of piperazine rings is 1. The number of methoxy groups -OCH3 is 1. The number of benzene rings is 1. The SMILES string of the molecule is C=C(C=N/C(=C/c1c(CC2(COC=O)CC2)c2cc(-c3csc(C(CC(=O)N4CCCCN4)OCC)n3)ccc2n1CCOC(C)C)C(C)OC)N1CCN(C)CC1.CC1CC1C.N#CC=O. The molecule has 16 heteroatoms. The van der Waals surface area contributed by atoms with Crippen molar-refractivity contribution in [3.8, 4) is 17.3 Å². The van der Waals surface area contributed by atoms with E-state index in [0.29, 0.717) is 39.4 Å². The Balaban J connectivity index is 0.000000844. The molecule has 0 spiro atoms. The molecule has 4 aliphatic rings. The summed E-state index contributed by atoms with van der Waals surface area (Å²) in [6.45, 7) is 24.9. The van der Waals surface area contributed by atoms with Crippen LogP contribution >= 0.6 is 11.3 Å². The van der Waals surface area contributed by atoms with Gasteiger partial charge >= 0.3 is 0 Å². The summed E-state index contributed by atoms with van der Waals surface area (Å²) in [6.07, 6.45) is 9.98. The summed E-state index contributed by atoms with van der Waals surface area (Å²) in [6, 6.07) is 7.77. The van der Waals surface area contributed by atoms with Gasteiger partial charge in [-0.2, -0.15) is 5.26 Å². The van der Waals surface area contributed by atoms with Crippen molar-refractivity contribution in [1.29, 1.82) is 5.26 Å². The van der Waals surface area contributed by atoms with Gasteiger partial charge in [-0.05, 0) is 109 Å². The quantitative estimate of drug-likeness (QED) is 0.0626. The molecule has 1 aromatic carbocycles. The molecule has 3 aromatic rings. The second-order valence-electron chi connectivity index (χ2n) is 18.6. The molecule has 67 heavy (non-hydrogen) atoms. The summed E-state index contributed by atoms with van der Waals surface area (Å²) in [5.74, 6) is 2.12. The number of rotatable bonds is 21. The molecule has 4 atom stereocenters. The van der Waals surface area contributed by atoms with Crippen molar-refractivity contribution >= 4 is 53.2 Å². The summed E-state index contributed by atoms with van der Waals surface area (Å²) in [4.78, 5) is 48.2. The Morgan fingerprint density at radius 3 is 2.40 bits per heavy atom. The molecule has 0 radical (unpaired) electrons. The fraction of sp³-hybridized carbons (Fsp3) is 0.608. The topological polar surface area (TPSA) is 164 Å². The zero-order chi connectivity index (χ0) is 48.5. The Bertz CT molecular complexity index is 2190. The summed E-state index contributed by atoms with van der Waals surface area (Å²) in [5.41, 5.74) is 9.80. The molecule has 2 aliphatic carbocycles. The number of ether oxygens (including phenoxy) is 4. The number of carbonyl (C=O) groups is 3. The maximum atomic E-state index is 13.2. The number of aromatic nitrogens is 2. The van der Waals surface area contributed by atoms with E-state index in [1.807, 2.05) is 20.1 Å². The first-order chi connectivity index (χ1) is 32.3. The number of hydrazine groups is 1. The average molecular weight is 943 g/mol. The van der Waals surface area contributed by atoms with Crippen molar-refractivity contribution in [3.05, 3.63) is 57.8 Å². The van der Waals surface area contributed by atoms with Gasteiger partial charge in [0.15, 0.2) is 0 Å². The molecule has 1 N–H and O–H groups in total. The summed E-state index contributed by atoms with van der Waals surface area (Å²) in [7, 11) is 3.85. The van der Waals surface area contributed by atoms with Crippen molar-refractivity contribution in [2.75, 3.05) is 73.2 Å². The molecule has 4 fully saturated rings. The van der Waals surface area contributed by atoms with Crippen LogP contribution in [0.1, 0.15) is 102 Å². The smallest absolute Gasteiger partial charge is 0.293 e. The van der Waals surface area contributed by atoms with Crippen LogP contribution < -0.4 is 5.43 Å². The van der Waals surface area contributed by atoms with Crippen LogP contribution in [-0.2, 0) is 46.3 Å². The van der Waals surface area contributed by atoms with Gasteiger partial charge in [-0.1, -0.05) is 26.5 Å². The van der Waals surface area contributed by atoms with Crippen molar-refractivity contribution in [1.82, 2.24) is 29.8 Å². The number of fused-ring (bicyclic) bond motifs is 1. The van der Waals surface area contributed by atoms with Crippen LogP contribution in [0.25, 0.3) is 28.2 Å². The van der Waals surface area contributed by atoms with Crippen LogP contribution in [0.15, 0.2) is 46.5 Å². The average Bonchev–Trinajstić information content (AvgIpc) is 4.15. The highest BCUT2D eigenvalue weighted by Gasteiger charge is 2.44. The number of nitrogens with one attached hydrogen (secondary N) is 1. The Labute approximate surface area is 402 Å². The van der Waals surface area contributed by atoms with Crippen LogP contribution in [-0.4, -0.2) is 135 Å². The van der Waals surface area contributed by atoms with Crippen LogP contribution in [0.2, 0.25) is 0 Å². The third kappa shape index (κ3) is 15.6. The molecule has 2 aromatic heterocycles. The highest BCUT2D eigenvalue weighted by molar-refractivity contribution is 7.10. The molecule has 1 amide bonds. The lowest BCUT2D eigenvalue weighted by molar-refractivity contribution is -0.138. The number of allylic oxidation sites excluding steroid dienone is 1. The van der Waals surface area contributed by atoms with Crippen LogP contribution in [0.4, 0.5) is 0 Å². The summed E-state index contributed by atoms with van der Waals surface area (Å²) >= 11 is 1.52. The van der Waals surface area contributed by atoms with Gasteiger partial charge in [-0.3, -0.25) is 24.4 Å². The highest BCUT2D eigenvalue weighted by Crippen LogP contribution is 2.50. The number of hydrogen-bond acceptors (Lipinski definition) is 14. The molecule has 15 nitrogen and oxygen atoms in total. The van der Waals surface area contributed by atoms with E-state index >= 15 is 0 Å². The number of amides is 1. The van der Waals surface area contributed by atoms with Crippen LogP contribution in [0, 0.1) is 28.6 Å². The Kier molecular flexibility index (Phi) is 20.7. The predicted octanol–water partition coefficient (Wildman–Crippen LogP) is 7.86. The largest absolute Gasteiger partial charge is 0.467 e. The van der Waals surface area contributed by atoms with E-state index in [2.05, 4.69) is 90.8 Å². The van der Waals surface area contributed by atoms with Gasteiger partial charge in [0.1, 0.15) is 17.2 Å². The van der Waals surface area contributed by atoms with Crippen LogP contribution in [0.3, 0.4) is 0 Å². The molecule has 7 rings (SSSR count). The third-order valence-corrected chi connectivity index (χ3v) is 14.0. The minimum absolute atomic E-state index is 0.0204. The van der Waals surface area contributed by atoms with Crippen molar-refractivity contribution < 1.29 is 33.3 Å². The summed E-state index contributed by atoms with van der Waals surface area (Å²) in [5, 5.41) is 12.9. The van der Waals surface area contributed by atoms with Gasteiger partial charge in [0.2, 0.25) is 12.2 Å². The highest BCUT2D eigenvalue weighted by atomic mass is 32.1. The molecule has 4 unspecified atom stereocenters. The molecular weight excluding hydrogens is 869 g/mol. The molecule has 366 valence electrons. The number of aliphatic imine (C=N–C) groups is 1. The van der Waals surface area contributed by atoms with Gasteiger partial charge in [0.05, 0.1) is 43.2 Å². The zero-order valence-electron chi connectivity index (χ0n) is 41.1. The Hall–Kier alpha value is -4.76. The first kappa shape index (κ1) is 53.2. The lowest BCUT2D eigenvalue weighted by Gasteiger charge is -2.34. The van der Waals surface area contributed by atoms with Crippen molar-refractivity contribution in [2.24, 2.45) is 22.2 Å². The van der Waals surface area contributed by atoms with Crippen molar-refractivity contribution in [2.45, 2.75) is 111 Å². The fourth-order valence-electron chi connectivity index (χ4n) is 8.22. The lowest BCUT2D eigenvalue weighted by atomic mass is 9.93.